The highest BCUT2D eigenvalue weighted by Crippen LogP contribution is 2.29. The maximum absolute atomic E-state index is 13.5. The summed E-state index contributed by atoms with van der Waals surface area (Å²) in [6.45, 7) is 0. The van der Waals surface area contributed by atoms with Crippen molar-refractivity contribution in [2.24, 2.45) is 0 Å². The molecule has 0 saturated heterocycles. The molecule has 1 aromatic heterocycles. The van der Waals surface area contributed by atoms with Crippen molar-refractivity contribution in [3.8, 4) is 17.0 Å². The second kappa shape index (κ2) is 9.97. The summed E-state index contributed by atoms with van der Waals surface area (Å²) in [5.74, 6) is 0.230. The first-order chi connectivity index (χ1) is 16.8. The van der Waals surface area contributed by atoms with Crippen LogP contribution in [0, 0.1) is 0 Å². The monoisotopic (exact) mass is 478 g/mol. The van der Waals surface area contributed by atoms with E-state index in [4.69, 9.17) is 4.74 Å². The molecule has 178 valence electrons. The van der Waals surface area contributed by atoms with Gasteiger partial charge in [0.15, 0.2) is 5.78 Å². The minimum absolute atomic E-state index is 0.171. The number of ether oxygens (including phenoxy) is 1. The van der Waals surface area contributed by atoms with Crippen LogP contribution in [0.2, 0.25) is 0 Å². The molecule has 0 aliphatic heterocycles. The van der Waals surface area contributed by atoms with E-state index in [1.54, 1.807) is 67.8 Å². The number of hydrogen-bond donors (Lipinski definition) is 0. The molecular formula is C27H21F3N2O3. The van der Waals surface area contributed by atoms with Crippen LogP contribution in [0.25, 0.3) is 11.3 Å². The molecule has 1 atom stereocenters. The molecule has 35 heavy (non-hydrogen) atoms. The minimum Gasteiger partial charge on any atom is -0.497 e. The molecule has 0 aliphatic rings. The van der Waals surface area contributed by atoms with Crippen molar-refractivity contribution in [1.29, 1.82) is 0 Å². The van der Waals surface area contributed by atoms with E-state index in [2.05, 4.69) is 5.10 Å². The molecule has 5 nitrogen and oxygen atoms in total. The third-order valence-electron chi connectivity index (χ3n) is 5.52. The van der Waals surface area contributed by atoms with Crippen LogP contribution in [0.3, 0.4) is 0 Å². The van der Waals surface area contributed by atoms with Gasteiger partial charge >= 0.3 is 6.18 Å². The molecule has 0 fully saturated rings. The third-order valence-corrected chi connectivity index (χ3v) is 5.52. The van der Waals surface area contributed by atoms with E-state index in [1.165, 1.54) is 18.2 Å². The minimum atomic E-state index is -4.47. The Morgan fingerprint density at radius 1 is 0.943 bits per heavy atom. The zero-order valence-electron chi connectivity index (χ0n) is 18.7. The van der Waals surface area contributed by atoms with Crippen LogP contribution in [-0.4, -0.2) is 22.7 Å². The average molecular weight is 478 g/mol. The number of halogens is 3. The van der Waals surface area contributed by atoms with E-state index in [0.717, 1.165) is 16.8 Å². The predicted molar refractivity (Wildman–Crippen MR) is 125 cm³/mol. The molecule has 0 saturated carbocycles. The second-order valence-corrected chi connectivity index (χ2v) is 7.88. The van der Waals surface area contributed by atoms with Gasteiger partial charge in [0.1, 0.15) is 11.8 Å². The summed E-state index contributed by atoms with van der Waals surface area (Å²) in [6, 6.07) is 22.1. The van der Waals surface area contributed by atoms with Crippen molar-refractivity contribution in [2.75, 3.05) is 7.11 Å². The van der Waals surface area contributed by atoms with Crippen LogP contribution < -0.4 is 10.3 Å². The maximum Gasteiger partial charge on any atom is 0.416 e. The van der Waals surface area contributed by atoms with Crippen LogP contribution >= 0.6 is 0 Å². The summed E-state index contributed by atoms with van der Waals surface area (Å²) in [5, 5.41) is 4.48. The van der Waals surface area contributed by atoms with Gasteiger partial charge in [-0.3, -0.25) is 9.59 Å². The fourth-order valence-electron chi connectivity index (χ4n) is 3.75. The van der Waals surface area contributed by atoms with Crippen molar-refractivity contribution >= 4 is 5.78 Å². The van der Waals surface area contributed by atoms with Crippen molar-refractivity contribution < 1.29 is 22.7 Å². The number of Topliss-reactive ketones (excluding diaryl/α,β-unsaturated/α-hetero) is 1. The fraction of sp³-hybridized carbons (Fsp3) is 0.148. The van der Waals surface area contributed by atoms with Crippen LogP contribution in [0.1, 0.15) is 22.7 Å². The first kappa shape index (κ1) is 23.9. The largest absolute Gasteiger partial charge is 0.497 e. The molecule has 8 heteroatoms. The van der Waals surface area contributed by atoms with E-state index in [-0.39, 0.29) is 12.2 Å². The van der Waals surface area contributed by atoms with Crippen LogP contribution in [-0.2, 0) is 17.4 Å². The van der Waals surface area contributed by atoms with E-state index in [0.29, 0.717) is 28.1 Å². The molecule has 0 aliphatic carbocycles. The molecule has 3 aromatic carbocycles. The molecule has 0 spiro atoms. The molecule has 0 N–H and O–H groups in total. The van der Waals surface area contributed by atoms with Gasteiger partial charge in [-0.15, -0.1) is 0 Å². The normalized spacial score (nSPS) is 12.2. The Hall–Kier alpha value is -4.20. The highest BCUT2D eigenvalue weighted by atomic mass is 19.4. The van der Waals surface area contributed by atoms with E-state index in [9.17, 15) is 22.8 Å². The SMILES string of the molecule is COc1cccc(-c2ccc(=O)n(C(C(=O)Cc3ccc(C(F)(F)F)cc3)c3ccccc3)n2)c1. The number of ketones is 1. The Balaban J connectivity index is 1.73. The summed E-state index contributed by atoms with van der Waals surface area (Å²) in [6.07, 6.45) is -4.64. The predicted octanol–water partition coefficient (Wildman–Crippen LogP) is 5.34. The number of carbonyl (C=O) groups excluding carboxylic acids is 1. The summed E-state index contributed by atoms with van der Waals surface area (Å²) in [4.78, 5) is 26.3. The highest BCUT2D eigenvalue weighted by molar-refractivity contribution is 5.87. The molecule has 0 bridgehead atoms. The molecule has 4 aromatic rings. The van der Waals surface area contributed by atoms with Crippen molar-refractivity contribution in [2.45, 2.75) is 18.6 Å². The Morgan fingerprint density at radius 3 is 2.31 bits per heavy atom. The van der Waals surface area contributed by atoms with Gasteiger partial charge in [-0.2, -0.15) is 18.3 Å². The molecular weight excluding hydrogens is 457 g/mol. The molecule has 0 amide bonds. The van der Waals surface area contributed by atoms with E-state index < -0.39 is 23.3 Å². The lowest BCUT2D eigenvalue weighted by molar-refractivity contribution is -0.137. The second-order valence-electron chi connectivity index (χ2n) is 7.88. The standard InChI is InChI=1S/C27H21F3N2O3/c1-35-22-9-5-8-20(17-22)23-14-15-25(34)32(31-23)26(19-6-3-2-4-7-19)24(33)16-18-10-12-21(13-11-18)27(28,29)30/h2-15,17,26H,16H2,1H3. The quantitative estimate of drug-likeness (QED) is 0.360. The number of nitrogens with zero attached hydrogens (tertiary/aromatic N) is 2. The van der Waals surface area contributed by atoms with Gasteiger partial charge < -0.3 is 4.74 Å². The lowest BCUT2D eigenvalue weighted by Crippen LogP contribution is -2.33. The fourth-order valence-corrected chi connectivity index (χ4v) is 3.75. The molecule has 1 heterocycles. The summed E-state index contributed by atoms with van der Waals surface area (Å²) in [7, 11) is 1.54. The topological polar surface area (TPSA) is 61.2 Å². The Labute approximate surface area is 199 Å². The van der Waals surface area contributed by atoms with E-state index in [1.807, 2.05) is 0 Å². The molecule has 0 radical (unpaired) electrons. The van der Waals surface area contributed by atoms with Crippen molar-refractivity contribution in [3.05, 3.63) is 118 Å². The van der Waals surface area contributed by atoms with Gasteiger partial charge in [-0.25, -0.2) is 4.68 Å². The third kappa shape index (κ3) is 5.48. The summed E-state index contributed by atoms with van der Waals surface area (Å²) >= 11 is 0. The van der Waals surface area contributed by atoms with Crippen molar-refractivity contribution in [3.63, 3.8) is 0 Å². The number of rotatable bonds is 7. The summed E-state index contributed by atoms with van der Waals surface area (Å²) in [5.41, 5.74) is 0.832. The number of hydrogen-bond acceptors (Lipinski definition) is 4. The summed E-state index contributed by atoms with van der Waals surface area (Å²) < 4.78 is 45.1. The average Bonchev–Trinajstić information content (AvgIpc) is 2.86. The number of alkyl halides is 3. The van der Waals surface area contributed by atoms with Crippen molar-refractivity contribution in [1.82, 2.24) is 9.78 Å². The Morgan fingerprint density at radius 2 is 1.66 bits per heavy atom. The smallest absolute Gasteiger partial charge is 0.416 e. The van der Waals surface area contributed by atoms with Gasteiger partial charge in [0.25, 0.3) is 5.56 Å². The van der Waals surface area contributed by atoms with Gasteiger partial charge in [-0.1, -0.05) is 54.6 Å². The maximum atomic E-state index is 13.5. The van der Waals surface area contributed by atoms with Gasteiger partial charge in [0.05, 0.1) is 18.4 Å². The van der Waals surface area contributed by atoms with Crippen LogP contribution in [0.15, 0.2) is 95.8 Å². The lowest BCUT2D eigenvalue weighted by Gasteiger charge is -2.19. The highest BCUT2D eigenvalue weighted by Gasteiger charge is 2.30. The van der Waals surface area contributed by atoms with E-state index >= 15 is 0 Å². The van der Waals surface area contributed by atoms with Crippen LogP contribution in [0.4, 0.5) is 13.2 Å². The van der Waals surface area contributed by atoms with Gasteiger partial charge in [-0.05, 0) is 41.5 Å². The first-order valence-electron chi connectivity index (χ1n) is 10.7. The number of carbonyl (C=O) groups is 1. The first-order valence-corrected chi connectivity index (χ1v) is 10.7. The lowest BCUT2D eigenvalue weighted by atomic mass is 9.97. The number of benzene rings is 3. The zero-order chi connectivity index (χ0) is 25.0. The Kier molecular flexibility index (Phi) is 6.82. The zero-order valence-corrected chi connectivity index (χ0v) is 18.7. The van der Waals surface area contributed by atoms with Crippen LogP contribution in [0.5, 0.6) is 5.75 Å². The number of methoxy groups -OCH3 is 1. The molecule has 4 rings (SSSR count). The molecule has 1 unspecified atom stereocenters. The van der Waals surface area contributed by atoms with Gasteiger partial charge in [0, 0.05) is 18.1 Å². The Bertz CT molecular complexity index is 1380. The number of aromatic nitrogens is 2. The van der Waals surface area contributed by atoms with Gasteiger partial charge in [0.2, 0.25) is 0 Å².